The first-order valence-electron chi connectivity index (χ1n) is 8.93. The van der Waals surface area contributed by atoms with Gasteiger partial charge in [-0.1, -0.05) is 12.8 Å². The Kier molecular flexibility index (Phi) is 5.77. The Morgan fingerprint density at radius 3 is 2.96 bits per heavy atom. The van der Waals surface area contributed by atoms with Crippen molar-refractivity contribution in [3.63, 3.8) is 0 Å². The second kappa shape index (κ2) is 8.21. The predicted molar refractivity (Wildman–Crippen MR) is 91.5 cm³/mol. The third-order valence-corrected chi connectivity index (χ3v) is 4.78. The fourth-order valence-electron chi connectivity index (χ4n) is 3.59. The normalized spacial score (nSPS) is 22.6. The Labute approximate surface area is 148 Å². The number of carbonyl (C=O) groups excluding carboxylic acids is 1. The fourth-order valence-corrected chi connectivity index (χ4v) is 3.59. The number of nitrogens with zero attached hydrogens (tertiary/aromatic N) is 2. The van der Waals surface area contributed by atoms with Crippen LogP contribution in [0.25, 0.3) is 0 Å². The maximum Gasteiger partial charge on any atom is 0.260 e. The third kappa shape index (κ3) is 4.05. The lowest BCUT2D eigenvalue weighted by Crippen LogP contribution is -2.55. The molecule has 0 unspecified atom stereocenters. The zero-order valence-corrected chi connectivity index (χ0v) is 14.6. The summed E-state index contributed by atoms with van der Waals surface area (Å²) in [5, 5.41) is 9.00. The number of hydrogen-bond acceptors (Lipinski definition) is 5. The summed E-state index contributed by atoms with van der Waals surface area (Å²) in [6.07, 6.45) is 4.50. The van der Waals surface area contributed by atoms with Crippen molar-refractivity contribution in [1.29, 1.82) is 5.26 Å². The second-order valence-electron chi connectivity index (χ2n) is 6.34. The van der Waals surface area contributed by atoms with Gasteiger partial charge in [0.25, 0.3) is 5.91 Å². The van der Waals surface area contributed by atoms with Crippen LogP contribution in [0.5, 0.6) is 11.5 Å². The molecule has 2 fully saturated rings. The van der Waals surface area contributed by atoms with Crippen molar-refractivity contribution in [2.24, 2.45) is 0 Å². The number of ether oxygens (including phenoxy) is 3. The highest BCUT2D eigenvalue weighted by atomic mass is 16.5. The van der Waals surface area contributed by atoms with Gasteiger partial charge in [0.1, 0.15) is 0 Å². The van der Waals surface area contributed by atoms with E-state index in [0.717, 1.165) is 19.3 Å². The molecule has 2 atom stereocenters. The summed E-state index contributed by atoms with van der Waals surface area (Å²) < 4.78 is 17.1. The molecule has 0 spiro atoms. The van der Waals surface area contributed by atoms with Gasteiger partial charge >= 0.3 is 0 Å². The molecule has 1 saturated heterocycles. The molecule has 6 heteroatoms. The van der Waals surface area contributed by atoms with Crippen molar-refractivity contribution < 1.29 is 19.0 Å². The van der Waals surface area contributed by atoms with Gasteiger partial charge in [-0.15, -0.1) is 0 Å². The summed E-state index contributed by atoms with van der Waals surface area (Å²) in [7, 11) is 0. The van der Waals surface area contributed by atoms with Gasteiger partial charge in [0.2, 0.25) is 0 Å². The van der Waals surface area contributed by atoms with Crippen LogP contribution >= 0.6 is 0 Å². The van der Waals surface area contributed by atoms with Gasteiger partial charge in [0.15, 0.2) is 18.1 Å². The van der Waals surface area contributed by atoms with Crippen LogP contribution in [0.15, 0.2) is 18.2 Å². The van der Waals surface area contributed by atoms with Crippen molar-refractivity contribution in [2.75, 3.05) is 26.4 Å². The number of morpholine rings is 1. The highest BCUT2D eigenvalue weighted by Crippen LogP contribution is 2.30. The summed E-state index contributed by atoms with van der Waals surface area (Å²) in [5.41, 5.74) is 0.500. The minimum atomic E-state index is -0.0325. The number of benzene rings is 1. The number of amides is 1. The molecule has 3 rings (SSSR count). The van der Waals surface area contributed by atoms with Crippen LogP contribution in [0.3, 0.4) is 0 Å². The maximum atomic E-state index is 12.7. The van der Waals surface area contributed by atoms with Crippen LogP contribution in [-0.4, -0.2) is 49.3 Å². The van der Waals surface area contributed by atoms with Crippen molar-refractivity contribution in [1.82, 2.24) is 4.90 Å². The van der Waals surface area contributed by atoms with E-state index < -0.39 is 0 Å². The molecule has 0 radical (unpaired) electrons. The molecule has 0 aromatic heterocycles. The Bertz CT molecular complexity index is 653. The zero-order valence-electron chi connectivity index (χ0n) is 14.6. The van der Waals surface area contributed by atoms with E-state index in [1.807, 2.05) is 11.8 Å². The van der Waals surface area contributed by atoms with E-state index in [0.29, 0.717) is 36.8 Å². The Hall–Kier alpha value is -2.26. The van der Waals surface area contributed by atoms with Crippen molar-refractivity contribution in [3.05, 3.63) is 23.8 Å². The van der Waals surface area contributed by atoms with Crippen LogP contribution in [0.2, 0.25) is 0 Å². The lowest BCUT2D eigenvalue weighted by molar-refractivity contribution is -0.151. The molecule has 1 heterocycles. The first-order valence-corrected chi connectivity index (χ1v) is 8.93. The largest absolute Gasteiger partial charge is 0.490 e. The lowest BCUT2D eigenvalue weighted by Gasteiger charge is -2.43. The molecule has 2 aliphatic rings. The maximum absolute atomic E-state index is 12.7. The molecule has 1 aromatic carbocycles. The van der Waals surface area contributed by atoms with E-state index in [2.05, 4.69) is 6.07 Å². The molecule has 0 bridgehead atoms. The molecule has 1 aliphatic carbocycles. The Morgan fingerprint density at radius 2 is 2.16 bits per heavy atom. The highest BCUT2D eigenvalue weighted by Gasteiger charge is 2.36. The standard InChI is InChI=1S/C19H24N2O4/c1-2-23-18-11-14(12-20)7-8-17(18)25-13-19(22)21-9-10-24-16-6-4-3-5-15(16)21/h7-8,11,15-16H,2-6,9-10,13H2,1H3/t15-,16-/m0/s1. The number of rotatable bonds is 5. The van der Waals surface area contributed by atoms with Gasteiger partial charge in [-0.2, -0.15) is 5.26 Å². The predicted octanol–water partition coefficient (Wildman–Crippen LogP) is 2.51. The molecule has 1 aliphatic heterocycles. The molecular weight excluding hydrogens is 320 g/mol. The van der Waals surface area contributed by atoms with E-state index in [4.69, 9.17) is 19.5 Å². The summed E-state index contributed by atoms with van der Waals surface area (Å²) >= 11 is 0. The van der Waals surface area contributed by atoms with Gasteiger partial charge in [-0.05, 0) is 31.9 Å². The quantitative estimate of drug-likeness (QED) is 0.821. The molecule has 1 amide bonds. The molecular formula is C19H24N2O4. The van der Waals surface area contributed by atoms with E-state index in [9.17, 15) is 4.79 Å². The minimum absolute atomic E-state index is 0.0213. The summed E-state index contributed by atoms with van der Waals surface area (Å²) in [6.45, 7) is 3.51. The van der Waals surface area contributed by atoms with Gasteiger partial charge < -0.3 is 19.1 Å². The first kappa shape index (κ1) is 17.6. The number of nitriles is 1. The third-order valence-electron chi connectivity index (χ3n) is 4.78. The topological polar surface area (TPSA) is 71.8 Å². The van der Waals surface area contributed by atoms with Gasteiger partial charge in [0, 0.05) is 12.6 Å². The van der Waals surface area contributed by atoms with Crippen molar-refractivity contribution >= 4 is 5.91 Å². The average molecular weight is 344 g/mol. The van der Waals surface area contributed by atoms with Crippen LogP contribution in [-0.2, 0) is 9.53 Å². The number of hydrogen-bond donors (Lipinski definition) is 0. The molecule has 134 valence electrons. The highest BCUT2D eigenvalue weighted by molar-refractivity contribution is 5.78. The van der Waals surface area contributed by atoms with E-state index >= 15 is 0 Å². The average Bonchev–Trinajstić information content (AvgIpc) is 2.66. The Balaban J connectivity index is 1.64. The molecule has 1 aromatic rings. The molecule has 6 nitrogen and oxygen atoms in total. The monoisotopic (exact) mass is 344 g/mol. The first-order chi connectivity index (χ1) is 12.2. The summed E-state index contributed by atoms with van der Waals surface area (Å²) in [6, 6.07) is 7.22. The van der Waals surface area contributed by atoms with E-state index in [-0.39, 0.29) is 24.7 Å². The summed E-state index contributed by atoms with van der Waals surface area (Å²) in [4.78, 5) is 14.6. The van der Waals surface area contributed by atoms with E-state index in [1.165, 1.54) is 6.42 Å². The molecule has 1 saturated carbocycles. The van der Waals surface area contributed by atoms with Crippen molar-refractivity contribution in [2.45, 2.75) is 44.8 Å². The summed E-state index contributed by atoms with van der Waals surface area (Å²) in [5.74, 6) is 0.960. The van der Waals surface area contributed by atoms with Gasteiger partial charge in [-0.3, -0.25) is 4.79 Å². The Morgan fingerprint density at radius 1 is 1.32 bits per heavy atom. The van der Waals surface area contributed by atoms with Crippen LogP contribution in [0, 0.1) is 11.3 Å². The van der Waals surface area contributed by atoms with Crippen LogP contribution in [0.1, 0.15) is 38.2 Å². The number of carbonyl (C=O) groups is 1. The molecule has 25 heavy (non-hydrogen) atoms. The number of fused-ring (bicyclic) bond motifs is 1. The lowest BCUT2D eigenvalue weighted by atomic mass is 9.90. The van der Waals surface area contributed by atoms with Crippen molar-refractivity contribution in [3.8, 4) is 17.6 Å². The van der Waals surface area contributed by atoms with Gasteiger partial charge in [0.05, 0.1) is 37.0 Å². The second-order valence-corrected chi connectivity index (χ2v) is 6.34. The smallest absolute Gasteiger partial charge is 0.260 e. The molecule has 0 N–H and O–H groups in total. The fraction of sp³-hybridized carbons (Fsp3) is 0.579. The zero-order chi connectivity index (χ0) is 17.6. The van der Waals surface area contributed by atoms with Crippen LogP contribution < -0.4 is 9.47 Å². The minimum Gasteiger partial charge on any atom is -0.490 e. The SMILES string of the molecule is CCOc1cc(C#N)ccc1OCC(=O)N1CCO[C@H]2CCCC[C@@H]21. The van der Waals surface area contributed by atoms with E-state index in [1.54, 1.807) is 18.2 Å². The van der Waals surface area contributed by atoms with Gasteiger partial charge in [-0.25, -0.2) is 0 Å². The van der Waals surface area contributed by atoms with Crippen LogP contribution in [0.4, 0.5) is 0 Å².